The molecule has 1 heterocycles. The lowest BCUT2D eigenvalue weighted by Crippen LogP contribution is -2.47. The molecule has 0 radical (unpaired) electrons. The van der Waals surface area contributed by atoms with Gasteiger partial charge in [0.25, 0.3) is 0 Å². The van der Waals surface area contributed by atoms with E-state index in [1.165, 1.54) is 32.4 Å². The fourth-order valence-electron chi connectivity index (χ4n) is 2.51. The maximum atomic E-state index is 3.51. The average Bonchev–Trinajstić information content (AvgIpc) is 2.47. The van der Waals surface area contributed by atoms with Gasteiger partial charge < -0.3 is 0 Å². The summed E-state index contributed by atoms with van der Waals surface area (Å²) in [6, 6.07) is 10.3. The number of hydrogen-bond acceptors (Lipinski definition) is 1. The fraction of sp³-hybridized carbons (Fsp3) is 0.529. The van der Waals surface area contributed by atoms with Gasteiger partial charge >= 0.3 is 0 Å². The van der Waals surface area contributed by atoms with Gasteiger partial charge in [0, 0.05) is 5.56 Å². The van der Waals surface area contributed by atoms with Gasteiger partial charge in [0.1, 0.15) is 0 Å². The van der Waals surface area contributed by atoms with Crippen molar-refractivity contribution in [2.45, 2.75) is 45.1 Å². The number of nitrogens with zero attached hydrogens (tertiary/aromatic N) is 1. The minimum Gasteiger partial charge on any atom is -0.288 e. The summed E-state index contributed by atoms with van der Waals surface area (Å²) in [7, 11) is 0. The van der Waals surface area contributed by atoms with Crippen LogP contribution in [0.3, 0.4) is 0 Å². The summed E-state index contributed by atoms with van der Waals surface area (Å²) >= 11 is 0. The molecule has 0 aromatic heterocycles. The molecule has 0 bridgehead atoms. The van der Waals surface area contributed by atoms with Gasteiger partial charge in [0.05, 0.1) is 5.54 Å². The highest BCUT2D eigenvalue weighted by Crippen LogP contribution is 2.23. The van der Waals surface area contributed by atoms with Gasteiger partial charge in [0.15, 0.2) is 0 Å². The van der Waals surface area contributed by atoms with Crippen LogP contribution in [0.1, 0.15) is 45.1 Å². The van der Waals surface area contributed by atoms with Crippen LogP contribution in [0, 0.1) is 11.8 Å². The van der Waals surface area contributed by atoms with Crippen molar-refractivity contribution < 1.29 is 0 Å². The van der Waals surface area contributed by atoms with Gasteiger partial charge in [-0.15, -0.1) is 0 Å². The largest absolute Gasteiger partial charge is 0.288 e. The highest BCUT2D eigenvalue weighted by Gasteiger charge is 2.28. The first-order chi connectivity index (χ1) is 8.74. The van der Waals surface area contributed by atoms with Crippen molar-refractivity contribution in [2.75, 3.05) is 13.1 Å². The second-order valence-electron chi connectivity index (χ2n) is 5.29. The van der Waals surface area contributed by atoms with Crippen molar-refractivity contribution >= 4 is 0 Å². The van der Waals surface area contributed by atoms with Crippen molar-refractivity contribution in [1.82, 2.24) is 4.90 Å². The lowest BCUT2D eigenvalue weighted by atomic mass is 9.93. The molecule has 0 saturated carbocycles. The Balaban J connectivity index is 2.15. The first-order valence-electron chi connectivity index (χ1n) is 7.08. The first kappa shape index (κ1) is 13.2. The van der Waals surface area contributed by atoms with E-state index < -0.39 is 0 Å². The van der Waals surface area contributed by atoms with E-state index in [4.69, 9.17) is 0 Å². The van der Waals surface area contributed by atoms with E-state index in [1.807, 2.05) is 18.2 Å². The lowest BCUT2D eigenvalue weighted by molar-refractivity contribution is 0.122. The highest BCUT2D eigenvalue weighted by molar-refractivity contribution is 5.36. The van der Waals surface area contributed by atoms with Gasteiger partial charge in [-0.05, 0) is 51.4 Å². The number of piperidine rings is 1. The molecule has 2 rings (SSSR count). The van der Waals surface area contributed by atoms with Gasteiger partial charge in [0.2, 0.25) is 0 Å². The second kappa shape index (κ2) is 6.07. The fourth-order valence-corrected chi connectivity index (χ4v) is 2.51. The van der Waals surface area contributed by atoms with E-state index >= 15 is 0 Å². The smallest absolute Gasteiger partial charge is 0.0798 e. The molecule has 0 aliphatic carbocycles. The zero-order valence-corrected chi connectivity index (χ0v) is 11.6. The Morgan fingerprint density at radius 2 is 1.78 bits per heavy atom. The SMILES string of the molecule is CCC(C)(C#Cc1ccccc1)N1CCCCC1. The standard InChI is InChI=1S/C17H23N/c1-3-17(2,18-14-8-5-9-15-18)13-12-16-10-6-4-7-11-16/h4,6-7,10-11H,3,5,8-9,14-15H2,1-2H3. The number of hydrogen-bond donors (Lipinski definition) is 0. The quantitative estimate of drug-likeness (QED) is 0.714. The van der Waals surface area contributed by atoms with Gasteiger partial charge in [-0.25, -0.2) is 0 Å². The highest BCUT2D eigenvalue weighted by atomic mass is 15.2. The molecular weight excluding hydrogens is 218 g/mol. The summed E-state index contributed by atoms with van der Waals surface area (Å²) in [4.78, 5) is 2.56. The third-order valence-electron chi connectivity index (χ3n) is 3.99. The van der Waals surface area contributed by atoms with Gasteiger partial charge in [-0.3, -0.25) is 4.90 Å². The summed E-state index contributed by atoms with van der Waals surface area (Å²) < 4.78 is 0. The van der Waals surface area contributed by atoms with E-state index in [2.05, 4.69) is 42.7 Å². The van der Waals surface area contributed by atoms with E-state index in [-0.39, 0.29) is 5.54 Å². The molecule has 1 nitrogen and oxygen atoms in total. The zero-order chi connectivity index (χ0) is 12.8. The Bertz CT molecular complexity index is 420. The van der Waals surface area contributed by atoms with E-state index in [0.717, 1.165) is 12.0 Å². The Kier molecular flexibility index (Phi) is 4.44. The molecular formula is C17H23N. The van der Waals surface area contributed by atoms with E-state index in [9.17, 15) is 0 Å². The molecule has 1 aromatic rings. The van der Waals surface area contributed by atoms with Crippen molar-refractivity contribution in [3.8, 4) is 11.8 Å². The number of rotatable bonds is 2. The molecule has 1 unspecified atom stereocenters. The summed E-state index contributed by atoms with van der Waals surface area (Å²) in [5.41, 5.74) is 1.16. The molecule has 1 heteroatoms. The van der Waals surface area contributed by atoms with Crippen LogP contribution in [0.15, 0.2) is 30.3 Å². The van der Waals surface area contributed by atoms with Crippen LogP contribution in [-0.4, -0.2) is 23.5 Å². The Labute approximate surface area is 111 Å². The molecule has 0 spiro atoms. The minimum atomic E-state index is 0.0380. The number of benzene rings is 1. The maximum absolute atomic E-state index is 3.51. The first-order valence-corrected chi connectivity index (χ1v) is 7.08. The topological polar surface area (TPSA) is 3.24 Å². The lowest BCUT2D eigenvalue weighted by Gasteiger charge is -2.39. The third kappa shape index (κ3) is 3.15. The van der Waals surface area contributed by atoms with Crippen LogP contribution < -0.4 is 0 Å². The minimum absolute atomic E-state index is 0.0380. The molecule has 0 amide bonds. The molecule has 1 aliphatic heterocycles. The van der Waals surface area contributed by atoms with Crippen LogP contribution >= 0.6 is 0 Å². The van der Waals surface area contributed by atoms with Crippen molar-refractivity contribution in [3.05, 3.63) is 35.9 Å². The van der Waals surface area contributed by atoms with Crippen molar-refractivity contribution in [1.29, 1.82) is 0 Å². The Morgan fingerprint density at radius 1 is 1.11 bits per heavy atom. The zero-order valence-electron chi connectivity index (χ0n) is 11.6. The molecule has 1 atom stereocenters. The molecule has 1 saturated heterocycles. The van der Waals surface area contributed by atoms with Crippen LogP contribution in [0.4, 0.5) is 0 Å². The maximum Gasteiger partial charge on any atom is 0.0798 e. The number of likely N-dealkylation sites (tertiary alicyclic amines) is 1. The summed E-state index contributed by atoms with van der Waals surface area (Å²) in [5, 5.41) is 0. The summed E-state index contributed by atoms with van der Waals surface area (Å²) in [6.07, 6.45) is 5.11. The predicted octanol–water partition coefficient (Wildman–Crippen LogP) is 3.69. The van der Waals surface area contributed by atoms with Crippen molar-refractivity contribution in [2.24, 2.45) is 0 Å². The van der Waals surface area contributed by atoms with E-state index in [1.54, 1.807) is 0 Å². The van der Waals surface area contributed by atoms with Gasteiger partial charge in [-0.2, -0.15) is 0 Å². The Hall–Kier alpha value is -1.26. The predicted molar refractivity (Wildman–Crippen MR) is 77.4 cm³/mol. The average molecular weight is 241 g/mol. The molecule has 18 heavy (non-hydrogen) atoms. The van der Waals surface area contributed by atoms with Crippen molar-refractivity contribution in [3.63, 3.8) is 0 Å². The van der Waals surface area contributed by atoms with Crippen LogP contribution in [0.25, 0.3) is 0 Å². The molecule has 1 fully saturated rings. The van der Waals surface area contributed by atoms with Crippen LogP contribution in [0.2, 0.25) is 0 Å². The molecule has 1 aliphatic rings. The molecule has 96 valence electrons. The summed E-state index contributed by atoms with van der Waals surface area (Å²) in [5.74, 6) is 6.85. The molecule has 0 N–H and O–H groups in total. The van der Waals surface area contributed by atoms with Gasteiger partial charge in [-0.1, -0.05) is 43.4 Å². The normalized spacial score (nSPS) is 19.7. The monoisotopic (exact) mass is 241 g/mol. The third-order valence-corrected chi connectivity index (χ3v) is 3.99. The van der Waals surface area contributed by atoms with E-state index in [0.29, 0.717) is 0 Å². The van der Waals surface area contributed by atoms with Crippen LogP contribution in [0.5, 0.6) is 0 Å². The Morgan fingerprint density at radius 3 is 2.39 bits per heavy atom. The summed E-state index contributed by atoms with van der Waals surface area (Å²) in [6.45, 7) is 6.93. The molecule has 1 aromatic carbocycles. The second-order valence-corrected chi connectivity index (χ2v) is 5.29. The van der Waals surface area contributed by atoms with Crippen LogP contribution in [-0.2, 0) is 0 Å².